The lowest BCUT2D eigenvalue weighted by molar-refractivity contribution is -0.109. The molecule has 0 saturated heterocycles. The van der Waals surface area contributed by atoms with Crippen molar-refractivity contribution in [2.75, 3.05) is 13.2 Å². The summed E-state index contributed by atoms with van der Waals surface area (Å²) >= 11 is 0. The number of amides is 1. The maximum Gasteiger partial charge on any atom is 0.207 e. The van der Waals surface area contributed by atoms with Crippen molar-refractivity contribution < 1.29 is 9.53 Å². The lowest BCUT2D eigenvalue weighted by Gasteiger charge is -2.22. The summed E-state index contributed by atoms with van der Waals surface area (Å²) in [5, 5.41) is 2.50. The minimum Gasteiger partial charge on any atom is -0.374 e. The predicted molar refractivity (Wildman–Crippen MR) is 47.7 cm³/mol. The van der Waals surface area contributed by atoms with E-state index in [1.165, 1.54) is 0 Å². The summed E-state index contributed by atoms with van der Waals surface area (Å²) in [6.45, 7) is 6.82. The highest BCUT2D eigenvalue weighted by Crippen LogP contribution is 2.06. The first kappa shape index (κ1) is 11.4. The summed E-state index contributed by atoms with van der Waals surface area (Å²) in [6.07, 6.45) is 0.636. The molecule has 1 amide bonds. The Labute approximate surface area is 73.5 Å². The van der Waals surface area contributed by atoms with Crippen molar-refractivity contribution >= 4 is 6.41 Å². The molecule has 4 heteroatoms. The lowest BCUT2D eigenvalue weighted by Crippen LogP contribution is -2.39. The molecule has 0 bridgehead atoms. The maximum atomic E-state index is 9.90. The number of nitrogens with two attached hydrogens (primary N) is 1. The summed E-state index contributed by atoms with van der Waals surface area (Å²) in [4.78, 5) is 9.90. The molecule has 0 aliphatic carbocycles. The molecule has 0 heterocycles. The van der Waals surface area contributed by atoms with Crippen molar-refractivity contribution in [1.82, 2.24) is 5.32 Å². The first-order valence-electron chi connectivity index (χ1n) is 4.02. The summed E-state index contributed by atoms with van der Waals surface area (Å²) < 4.78 is 5.41. The van der Waals surface area contributed by atoms with Gasteiger partial charge in [0.25, 0.3) is 0 Å². The Balaban J connectivity index is 3.43. The molecule has 0 aromatic carbocycles. The average Bonchev–Trinajstić information content (AvgIpc) is 1.95. The molecule has 12 heavy (non-hydrogen) atoms. The predicted octanol–water partition coefficient (Wildman–Crippen LogP) is -0.125. The Kier molecular flexibility index (Phi) is 4.85. The van der Waals surface area contributed by atoms with E-state index in [1.807, 2.05) is 20.8 Å². The van der Waals surface area contributed by atoms with Gasteiger partial charge in [0.15, 0.2) is 0 Å². The van der Waals surface area contributed by atoms with Crippen LogP contribution < -0.4 is 11.1 Å². The largest absolute Gasteiger partial charge is 0.374 e. The van der Waals surface area contributed by atoms with Gasteiger partial charge in [0, 0.05) is 12.6 Å². The first-order chi connectivity index (χ1) is 5.45. The molecule has 1 unspecified atom stereocenters. The van der Waals surface area contributed by atoms with Crippen LogP contribution in [0, 0.1) is 0 Å². The van der Waals surface area contributed by atoms with E-state index < -0.39 is 0 Å². The number of rotatable bonds is 5. The molecule has 4 nitrogen and oxygen atoms in total. The fourth-order valence-electron chi connectivity index (χ4n) is 0.615. The SMILES string of the molecule is CC(C)(C)OCC(N)CNC=O. The molecule has 0 fully saturated rings. The van der Waals surface area contributed by atoms with Gasteiger partial charge in [0.05, 0.1) is 12.2 Å². The van der Waals surface area contributed by atoms with E-state index in [9.17, 15) is 4.79 Å². The van der Waals surface area contributed by atoms with Crippen molar-refractivity contribution in [1.29, 1.82) is 0 Å². The molecule has 0 rings (SSSR count). The van der Waals surface area contributed by atoms with Crippen LogP contribution in [0.15, 0.2) is 0 Å². The standard InChI is InChI=1S/C8H18N2O2/c1-8(2,3)12-5-7(9)4-10-6-11/h6-7H,4-5,9H2,1-3H3,(H,10,11). The van der Waals surface area contributed by atoms with Gasteiger partial charge in [0.2, 0.25) is 6.41 Å². The number of ether oxygens (including phenoxy) is 1. The normalized spacial score (nSPS) is 14.0. The number of hydrogen-bond acceptors (Lipinski definition) is 3. The summed E-state index contributed by atoms with van der Waals surface area (Å²) in [5.41, 5.74) is 5.45. The Bertz CT molecular complexity index is 132. The van der Waals surface area contributed by atoms with Crippen LogP contribution in [0.4, 0.5) is 0 Å². The minimum absolute atomic E-state index is 0.130. The fraction of sp³-hybridized carbons (Fsp3) is 0.875. The molecule has 0 radical (unpaired) electrons. The van der Waals surface area contributed by atoms with Crippen molar-refractivity contribution in [2.45, 2.75) is 32.4 Å². The smallest absolute Gasteiger partial charge is 0.207 e. The van der Waals surface area contributed by atoms with E-state index in [0.29, 0.717) is 19.6 Å². The van der Waals surface area contributed by atoms with Crippen LogP contribution in [-0.4, -0.2) is 31.2 Å². The second kappa shape index (κ2) is 5.11. The first-order valence-corrected chi connectivity index (χ1v) is 4.02. The average molecular weight is 174 g/mol. The Hall–Kier alpha value is -0.610. The van der Waals surface area contributed by atoms with Crippen LogP contribution in [0.5, 0.6) is 0 Å². The highest BCUT2D eigenvalue weighted by molar-refractivity contribution is 5.45. The number of hydrogen-bond donors (Lipinski definition) is 2. The van der Waals surface area contributed by atoms with Gasteiger partial charge >= 0.3 is 0 Å². The summed E-state index contributed by atoms with van der Waals surface area (Å²) in [7, 11) is 0. The molecular weight excluding hydrogens is 156 g/mol. The topological polar surface area (TPSA) is 64.3 Å². The summed E-state index contributed by atoms with van der Waals surface area (Å²) in [5.74, 6) is 0. The molecule has 0 aliphatic heterocycles. The van der Waals surface area contributed by atoms with Gasteiger partial charge in [-0.3, -0.25) is 4.79 Å². The highest BCUT2D eigenvalue weighted by atomic mass is 16.5. The number of carbonyl (C=O) groups is 1. The second-order valence-corrected chi connectivity index (χ2v) is 3.71. The van der Waals surface area contributed by atoms with E-state index in [2.05, 4.69) is 5.32 Å². The van der Waals surface area contributed by atoms with E-state index >= 15 is 0 Å². The van der Waals surface area contributed by atoms with Crippen molar-refractivity contribution in [2.24, 2.45) is 5.73 Å². The van der Waals surface area contributed by atoms with Crippen molar-refractivity contribution in [3.63, 3.8) is 0 Å². The quantitative estimate of drug-likeness (QED) is 0.571. The van der Waals surface area contributed by atoms with Crippen LogP contribution in [-0.2, 0) is 9.53 Å². The van der Waals surface area contributed by atoms with Gasteiger partial charge in [-0.1, -0.05) is 0 Å². The van der Waals surface area contributed by atoms with Gasteiger partial charge in [-0.25, -0.2) is 0 Å². The zero-order valence-electron chi connectivity index (χ0n) is 7.96. The number of carbonyl (C=O) groups excluding carboxylic acids is 1. The third-order valence-electron chi connectivity index (χ3n) is 1.19. The summed E-state index contributed by atoms with van der Waals surface area (Å²) in [6, 6.07) is -0.130. The monoisotopic (exact) mass is 174 g/mol. The molecule has 0 aromatic rings. The molecule has 72 valence electrons. The maximum absolute atomic E-state index is 9.90. The van der Waals surface area contributed by atoms with E-state index in [4.69, 9.17) is 10.5 Å². The molecule has 0 saturated carbocycles. The highest BCUT2D eigenvalue weighted by Gasteiger charge is 2.12. The van der Waals surface area contributed by atoms with Crippen LogP contribution in [0.1, 0.15) is 20.8 Å². The second-order valence-electron chi connectivity index (χ2n) is 3.71. The van der Waals surface area contributed by atoms with E-state index in [-0.39, 0.29) is 11.6 Å². The van der Waals surface area contributed by atoms with Crippen LogP contribution in [0.3, 0.4) is 0 Å². The molecule has 0 spiro atoms. The number of nitrogens with one attached hydrogen (secondary N) is 1. The van der Waals surface area contributed by atoms with Gasteiger partial charge in [-0.2, -0.15) is 0 Å². The fourth-order valence-corrected chi connectivity index (χ4v) is 0.615. The van der Waals surface area contributed by atoms with Gasteiger partial charge in [-0.15, -0.1) is 0 Å². The van der Waals surface area contributed by atoms with Gasteiger partial charge in [0.1, 0.15) is 0 Å². The van der Waals surface area contributed by atoms with Gasteiger partial charge < -0.3 is 15.8 Å². The molecular formula is C8H18N2O2. The van der Waals surface area contributed by atoms with Crippen LogP contribution in [0.25, 0.3) is 0 Å². The molecule has 3 N–H and O–H groups in total. The minimum atomic E-state index is -0.168. The van der Waals surface area contributed by atoms with Gasteiger partial charge in [-0.05, 0) is 20.8 Å². The van der Waals surface area contributed by atoms with Crippen molar-refractivity contribution in [3.8, 4) is 0 Å². The van der Waals surface area contributed by atoms with Crippen LogP contribution in [0.2, 0.25) is 0 Å². The third kappa shape index (κ3) is 7.50. The zero-order valence-corrected chi connectivity index (χ0v) is 7.96. The zero-order chi connectivity index (χ0) is 9.61. The van der Waals surface area contributed by atoms with E-state index in [1.54, 1.807) is 0 Å². The van der Waals surface area contributed by atoms with Crippen molar-refractivity contribution in [3.05, 3.63) is 0 Å². The van der Waals surface area contributed by atoms with E-state index in [0.717, 1.165) is 0 Å². The molecule has 1 atom stereocenters. The Morgan fingerprint density at radius 1 is 1.58 bits per heavy atom. The van der Waals surface area contributed by atoms with Crippen LogP contribution >= 0.6 is 0 Å². The Morgan fingerprint density at radius 2 is 2.17 bits per heavy atom. The molecule has 0 aliphatic rings. The lowest BCUT2D eigenvalue weighted by atomic mass is 10.2. The molecule has 0 aromatic heterocycles. The Morgan fingerprint density at radius 3 is 2.58 bits per heavy atom. The third-order valence-corrected chi connectivity index (χ3v) is 1.19.